The van der Waals surface area contributed by atoms with Crippen LogP contribution in [0.15, 0.2) is 28.0 Å². The van der Waals surface area contributed by atoms with E-state index in [1.165, 1.54) is 11.3 Å². The molecule has 1 fully saturated rings. The Labute approximate surface area is 104 Å². The highest BCUT2D eigenvalue weighted by atomic mass is 32.1. The molecule has 5 heteroatoms. The molecule has 0 aliphatic carbocycles. The highest BCUT2D eigenvalue weighted by Crippen LogP contribution is 2.15. The Morgan fingerprint density at radius 2 is 2.41 bits per heavy atom. The molecule has 2 heterocycles. The number of hydrogen-bond donors (Lipinski definition) is 3. The number of aliphatic hydroxyl groups excluding tert-OH is 1. The number of aliphatic hydroxyl groups is 1. The fraction of sp³-hybridized carbons (Fsp3) is 0.417. The van der Waals surface area contributed by atoms with Crippen molar-refractivity contribution in [3.05, 3.63) is 33.5 Å². The van der Waals surface area contributed by atoms with Crippen LogP contribution in [-0.2, 0) is 4.79 Å². The summed E-state index contributed by atoms with van der Waals surface area (Å²) in [7, 11) is 0. The van der Waals surface area contributed by atoms with Gasteiger partial charge in [-0.1, -0.05) is 0 Å². The molecule has 3 N–H and O–H groups in total. The molecular weight excluding hydrogens is 236 g/mol. The van der Waals surface area contributed by atoms with Gasteiger partial charge in [-0.15, -0.1) is 0 Å². The second-order valence-electron chi connectivity index (χ2n) is 4.11. The van der Waals surface area contributed by atoms with E-state index in [9.17, 15) is 9.90 Å². The van der Waals surface area contributed by atoms with E-state index in [0.717, 1.165) is 29.8 Å². The van der Waals surface area contributed by atoms with Gasteiger partial charge in [0.1, 0.15) is 0 Å². The first-order valence-corrected chi connectivity index (χ1v) is 6.50. The quantitative estimate of drug-likeness (QED) is 0.695. The Kier molecular flexibility index (Phi) is 3.93. The molecule has 1 atom stereocenters. The van der Waals surface area contributed by atoms with Crippen molar-refractivity contribution in [2.24, 2.45) is 0 Å². The second kappa shape index (κ2) is 5.44. The molecule has 0 radical (unpaired) electrons. The summed E-state index contributed by atoms with van der Waals surface area (Å²) in [4.78, 5) is 11.7. The van der Waals surface area contributed by atoms with Crippen LogP contribution in [0.25, 0.3) is 0 Å². The van der Waals surface area contributed by atoms with Gasteiger partial charge >= 0.3 is 0 Å². The number of nitrogens with one attached hydrogen (secondary N) is 2. The maximum Gasteiger partial charge on any atom is 0.247 e. The van der Waals surface area contributed by atoms with E-state index in [4.69, 9.17) is 0 Å². The lowest BCUT2D eigenvalue weighted by molar-refractivity contribution is -0.118. The Balaban J connectivity index is 1.84. The Morgan fingerprint density at radius 3 is 2.94 bits per heavy atom. The Bertz CT molecular complexity index is 420. The third kappa shape index (κ3) is 2.94. The van der Waals surface area contributed by atoms with Crippen molar-refractivity contribution in [2.45, 2.75) is 13.0 Å². The third-order valence-electron chi connectivity index (χ3n) is 2.93. The van der Waals surface area contributed by atoms with Gasteiger partial charge in [0, 0.05) is 25.2 Å². The molecule has 92 valence electrons. The summed E-state index contributed by atoms with van der Waals surface area (Å²) >= 11 is 1.54. The summed E-state index contributed by atoms with van der Waals surface area (Å²) in [5.74, 6) is -0.0872. The summed E-state index contributed by atoms with van der Waals surface area (Å²) in [5, 5.41) is 19.5. The van der Waals surface area contributed by atoms with E-state index in [2.05, 4.69) is 10.6 Å². The predicted octanol–water partition coefficient (Wildman–Crippen LogP) is 0.817. The van der Waals surface area contributed by atoms with Gasteiger partial charge in [-0.25, -0.2) is 0 Å². The summed E-state index contributed by atoms with van der Waals surface area (Å²) in [6, 6.07) is 1.86. The first-order valence-electron chi connectivity index (χ1n) is 5.56. The van der Waals surface area contributed by atoms with Crippen molar-refractivity contribution >= 4 is 17.2 Å². The van der Waals surface area contributed by atoms with Crippen LogP contribution in [0.5, 0.6) is 0 Å². The molecule has 0 aromatic carbocycles. The van der Waals surface area contributed by atoms with Crippen LogP contribution in [0.2, 0.25) is 0 Å². The zero-order valence-electron chi connectivity index (χ0n) is 9.69. The fourth-order valence-electron chi connectivity index (χ4n) is 1.58. The number of amides is 1. The van der Waals surface area contributed by atoms with E-state index in [0.29, 0.717) is 0 Å². The van der Waals surface area contributed by atoms with Crippen LogP contribution in [0, 0.1) is 0 Å². The molecule has 1 aliphatic rings. The van der Waals surface area contributed by atoms with E-state index in [-0.39, 0.29) is 12.5 Å². The molecular formula is C12H16N2O2S. The first-order chi connectivity index (χ1) is 8.18. The van der Waals surface area contributed by atoms with Crippen LogP contribution >= 0.6 is 11.3 Å². The molecule has 1 aromatic heterocycles. The van der Waals surface area contributed by atoms with Crippen LogP contribution in [0.1, 0.15) is 18.6 Å². The van der Waals surface area contributed by atoms with Crippen LogP contribution in [0.4, 0.5) is 0 Å². The standard InChI is InChI=1S/C12H16N2O2S/c1-8(10-4-13-5-10)12(16)14-6-11(15)9-2-3-17-7-9/h2-3,7,11,13,15H,4-6H2,1H3,(H,14,16). The molecule has 4 nitrogen and oxygen atoms in total. The molecule has 2 rings (SSSR count). The molecule has 0 saturated carbocycles. The second-order valence-corrected chi connectivity index (χ2v) is 4.89. The fourth-order valence-corrected chi connectivity index (χ4v) is 2.29. The minimum atomic E-state index is -0.623. The average Bonchev–Trinajstić information content (AvgIpc) is 2.76. The molecule has 1 saturated heterocycles. The smallest absolute Gasteiger partial charge is 0.247 e. The molecule has 1 aromatic rings. The van der Waals surface area contributed by atoms with Gasteiger partial charge in [0.25, 0.3) is 0 Å². The zero-order valence-corrected chi connectivity index (χ0v) is 10.5. The van der Waals surface area contributed by atoms with Gasteiger partial charge in [-0.05, 0) is 34.9 Å². The molecule has 0 bridgehead atoms. The van der Waals surface area contributed by atoms with Gasteiger partial charge in [-0.3, -0.25) is 4.79 Å². The van der Waals surface area contributed by atoms with Gasteiger partial charge in [-0.2, -0.15) is 11.3 Å². The molecule has 17 heavy (non-hydrogen) atoms. The maximum atomic E-state index is 11.7. The van der Waals surface area contributed by atoms with E-state index >= 15 is 0 Å². The number of carbonyl (C=O) groups is 1. The molecule has 0 spiro atoms. The van der Waals surface area contributed by atoms with Crippen molar-refractivity contribution in [1.29, 1.82) is 0 Å². The lowest BCUT2D eigenvalue weighted by Crippen LogP contribution is -2.38. The Morgan fingerprint density at radius 1 is 1.65 bits per heavy atom. The number of rotatable bonds is 4. The van der Waals surface area contributed by atoms with E-state index in [1.54, 1.807) is 0 Å². The third-order valence-corrected chi connectivity index (χ3v) is 3.63. The van der Waals surface area contributed by atoms with Crippen molar-refractivity contribution in [3.8, 4) is 0 Å². The molecule has 1 unspecified atom stereocenters. The largest absolute Gasteiger partial charge is 0.387 e. The van der Waals surface area contributed by atoms with Gasteiger partial charge < -0.3 is 15.7 Å². The highest BCUT2D eigenvalue weighted by Gasteiger charge is 2.16. The number of carbonyl (C=O) groups excluding carboxylic acids is 1. The number of hydrogen-bond acceptors (Lipinski definition) is 4. The first kappa shape index (κ1) is 12.3. The topological polar surface area (TPSA) is 61.4 Å². The van der Waals surface area contributed by atoms with Crippen molar-refractivity contribution in [1.82, 2.24) is 10.6 Å². The zero-order chi connectivity index (χ0) is 12.3. The van der Waals surface area contributed by atoms with Crippen molar-refractivity contribution < 1.29 is 9.90 Å². The van der Waals surface area contributed by atoms with Crippen LogP contribution in [-0.4, -0.2) is 30.6 Å². The Hall–Kier alpha value is -1.17. The summed E-state index contributed by atoms with van der Waals surface area (Å²) in [6.45, 7) is 3.68. The normalized spacial score (nSPS) is 16.2. The summed E-state index contributed by atoms with van der Waals surface area (Å²) in [6.07, 6.45) is -0.623. The lowest BCUT2D eigenvalue weighted by Gasteiger charge is -2.21. The maximum absolute atomic E-state index is 11.7. The number of thiophene rings is 1. The minimum absolute atomic E-state index is 0.0872. The van der Waals surface area contributed by atoms with Gasteiger partial charge in [0.05, 0.1) is 6.10 Å². The summed E-state index contributed by atoms with van der Waals surface area (Å²) in [5.41, 5.74) is 2.76. The van der Waals surface area contributed by atoms with Crippen LogP contribution < -0.4 is 10.6 Å². The highest BCUT2D eigenvalue weighted by molar-refractivity contribution is 7.07. The van der Waals surface area contributed by atoms with Crippen LogP contribution in [0.3, 0.4) is 0 Å². The van der Waals surface area contributed by atoms with Gasteiger partial charge in [0.15, 0.2) is 0 Å². The van der Waals surface area contributed by atoms with Crippen molar-refractivity contribution in [3.63, 3.8) is 0 Å². The predicted molar refractivity (Wildman–Crippen MR) is 67.9 cm³/mol. The summed E-state index contributed by atoms with van der Waals surface area (Å²) < 4.78 is 0. The minimum Gasteiger partial charge on any atom is -0.387 e. The van der Waals surface area contributed by atoms with E-state index in [1.807, 2.05) is 23.8 Å². The lowest BCUT2D eigenvalue weighted by atomic mass is 10.0. The SMILES string of the molecule is CC(C(=O)NCC(O)c1ccsc1)=C1CNC1. The van der Waals surface area contributed by atoms with Gasteiger partial charge in [0.2, 0.25) is 5.91 Å². The molecule has 1 amide bonds. The van der Waals surface area contributed by atoms with Crippen molar-refractivity contribution in [2.75, 3.05) is 19.6 Å². The van der Waals surface area contributed by atoms with E-state index < -0.39 is 6.10 Å². The average molecular weight is 252 g/mol. The molecule has 1 aliphatic heterocycles. The monoisotopic (exact) mass is 252 g/mol.